The van der Waals surface area contributed by atoms with Crippen molar-refractivity contribution in [3.05, 3.63) is 77.7 Å². The average molecular weight is 405 g/mol. The summed E-state index contributed by atoms with van der Waals surface area (Å²) in [7, 11) is 0. The van der Waals surface area contributed by atoms with Crippen LogP contribution in [0.15, 0.2) is 71.6 Å². The third-order valence-electron chi connectivity index (χ3n) is 4.52. The number of hydrogen-bond acceptors (Lipinski definition) is 5. The van der Waals surface area contributed by atoms with Gasteiger partial charge >= 0.3 is 0 Å². The maximum absolute atomic E-state index is 12.6. The van der Waals surface area contributed by atoms with Crippen LogP contribution in [0, 0.1) is 6.92 Å². The standard InChI is InChI=1S/C22H17ClN4O2/c1-14-7-3-4-8-16(14)21-20(18-11-12-24-13-25-18)22(29-26-21)27(15(2)28)19-10-6-5-9-17(19)23/h3-13H,1-2H3. The van der Waals surface area contributed by atoms with Crippen LogP contribution < -0.4 is 4.90 Å². The van der Waals surface area contributed by atoms with Crippen molar-refractivity contribution in [1.82, 2.24) is 15.1 Å². The van der Waals surface area contributed by atoms with Gasteiger partial charge in [0.25, 0.3) is 0 Å². The zero-order valence-electron chi connectivity index (χ0n) is 15.8. The summed E-state index contributed by atoms with van der Waals surface area (Å²) in [5.74, 6) is -0.0107. The van der Waals surface area contributed by atoms with E-state index < -0.39 is 0 Å². The predicted molar refractivity (Wildman–Crippen MR) is 112 cm³/mol. The fourth-order valence-corrected chi connectivity index (χ4v) is 3.40. The molecular formula is C22H17ClN4O2. The lowest BCUT2D eigenvalue weighted by molar-refractivity contribution is -0.116. The molecule has 7 heteroatoms. The summed E-state index contributed by atoms with van der Waals surface area (Å²) >= 11 is 6.38. The van der Waals surface area contributed by atoms with E-state index in [2.05, 4.69) is 15.1 Å². The minimum atomic E-state index is -0.263. The van der Waals surface area contributed by atoms with Crippen LogP contribution in [0.2, 0.25) is 5.02 Å². The van der Waals surface area contributed by atoms with Crippen LogP contribution in [-0.4, -0.2) is 21.0 Å². The van der Waals surface area contributed by atoms with Crippen LogP contribution in [0.1, 0.15) is 12.5 Å². The maximum atomic E-state index is 12.6. The normalized spacial score (nSPS) is 10.7. The zero-order valence-corrected chi connectivity index (χ0v) is 16.6. The number of aromatic nitrogens is 3. The van der Waals surface area contributed by atoms with Gasteiger partial charge in [-0.2, -0.15) is 0 Å². The minimum absolute atomic E-state index is 0.252. The first-order chi connectivity index (χ1) is 14.1. The summed E-state index contributed by atoms with van der Waals surface area (Å²) in [5, 5.41) is 4.73. The molecule has 0 radical (unpaired) electrons. The highest BCUT2D eigenvalue weighted by Crippen LogP contribution is 2.43. The molecule has 0 spiro atoms. The Labute approximate surface area is 172 Å². The molecule has 0 atom stereocenters. The summed E-state index contributed by atoms with van der Waals surface area (Å²) in [6.07, 6.45) is 3.08. The van der Waals surface area contributed by atoms with Gasteiger partial charge in [0, 0.05) is 18.7 Å². The Balaban J connectivity index is 2.00. The number of nitrogens with zero attached hydrogens (tertiary/aromatic N) is 4. The minimum Gasteiger partial charge on any atom is -0.336 e. The second-order valence-corrected chi connectivity index (χ2v) is 6.83. The van der Waals surface area contributed by atoms with Crippen LogP contribution in [0.3, 0.4) is 0 Å². The molecule has 0 unspecified atom stereocenters. The van der Waals surface area contributed by atoms with E-state index in [1.807, 2.05) is 31.2 Å². The van der Waals surface area contributed by atoms with Crippen molar-refractivity contribution in [3.63, 3.8) is 0 Å². The van der Waals surface area contributed by atoms with E-state index in [1.54, 1.807) is 36.5 Å². The van der Waals surface area contributed by atoms with Crippen LogP contribution in [0.5, 0.6) is 0 Å². The Morgan fingerprint density at radius 1 is 1.07 bits per heavy atom. The Morgan fingerprint density at radius 3 is 2.52 bits per heavy atom. The van der Waals surface area contributed by atoms with Gasteiger partial charge in [-0.3, -0.25) is 4.79 Å². The molecule has 0 aliphatic rings. The maximum Gasteiger partial charge on any atom is 0.248 e. The number of rotatable bonds is 4. The smallest absolute Gasteiger partial charge is 0.248 e. The molecule has 0 bridgehead atoms. The fourth-order valence-electron chi connectivity index (χ4n) is 3.18. The highest BCUT2D eigenvalue weighted by Gasteiger charge is 2.29. The molecule has 0 aliphatic carbocycles. The van der Waals surface area contributed by atoms with E-state index >= 15 is 0 Å². The Bertz CT molecular complexity index is 1170. The molecule has 2 aromatic carbocycles. The van der Waals surface area contributed by atoms with E-state index in [9.17, 15) is 4.79 Å². The lowest BCUT2D eigenvalue weighted by Gasteiger charge is -2.20. The van der Waals surface area contributed by atoms with Crippen molar-refractivity contribution in [2.24, 2.45) is 0 Å². The first-order valence-corrected chi connectivity index (χ1v) is 9.33. The molecular weight excluding hydrogens is 388 g/mol. The second-order valence-electron chi connectivity index (χ2n) is 6.43. The van der Waals surface area contributed by atoms with Gasteiger partial charge in [0.2, 0.25) is 11.8 Å². The lowest BCUT2D eigenvalue weighted by atomic mass is 10.0. The highest BCUT2D eigenvalue weighted by atomic mass is 35.5. The second kappa shape index (κ2) is 7.85. The van der Waals surface area contributed by atoms with Gasteiger partial charge in [-0.15, -0.1) is 0 Å². The van der Waals surface area contributed by atoms with E-state index in [0.717, 1.165) is 11.1 Å². The monoisotopic (exact) mass is 404 g/mol. The first-order valence-electron chi connectivity index (χ1n) is 8.95. The highest BCUT2D eigenvalue weighted by molar-refractivity contribution is 6.34. The fraction of sp³-hybridized carbons (Fsp3) is 0.0909. The number of carbonyl (C=O) groups excluding carboxylic acids is 1. The van der Waals surface area contributed by atoms with Crippen LogP contribution in [0.25, 0.3) is 22.5 Å². The van der Waals surface area contributed by atoms with E-state index in [4.69, 9.17) is 16.1 Å². The molecule has 0 N–H and O–H groups in total. The number of aryl methyl sites for hydroxylation is 1. The average Bonchev–Trinajstić information content (AvgIpc) is 3.15. The van der Waals surface area contributed by atoms with Crippen molar-refractivity contribution in [2.45, 2.75) is 13.8 Å². The number of hydrogen-bond donors (Lipinski definition) is 0. The number of benzene rings is 2. The number of para-hydroxylation sites is 1. The molecule has 29 heavy (non-hydrogen) atoms. The number of anilines is 2. The third kappa shape index (κ3) is 3.50. The van der Waals surface area contributed by atoms with E-state index in [-0.39, 0.29) is 11.8 Å². The number of amides is 1. The van der Waals surface area contributed by atoms with Crippen molar-refractivity contribution in [2.75, 3.05) is 4.90 Å². The van der Waals surface area contributed by atoms with Gasteiger partial charge in [-0.1, -0.05) is 53.2 Å². The van der Waals surface area contributed by atoms with Crippen LogP contribution in [0.4, 0.5) is 11.6 Å². The van der Waals surface area contributed by atoms with Gasteiger partial charge < -0.3 is 4.52 Å². The quantitative estimate of drug-likeness (QED) is 0.452. The largest absolute Gasteiger partial charge is 0.336 e. The molecule has 2 heterocycles. The van der Waals surface area contributed by atoms with Crippen LogP contribution >= 0.6 is 11.6 Å². The molecule has 0 aliphatic heterocycles. The number of halogens is 1. The molecule has 0 saturated heterocycles. The molecule has 0 saturated carbocycles. The van der Waals surface area contributed by atoms with Crippen molar-refractivity contribution in [3.8, 4) is 22.5 Å². The predicted octanol–water partition coefficient (Wildman–Crippen LogP) is 5.45. The zero-order chi connectivity index (χ0) is 20.4. The van der Waals surface area contributed by atoms with E-state index in [0.29, 0.717) is 27.7 Å². The molecule has 4 aromatic rings. The molecule has 6 nitrogen and oxygen atoms in total. The summed E-state index contributed by atoms with van der Waals surface area (Å²) in [5.41, 5.74) is 4.19. The first kappa shape index (κ1) is 18.8. The SMILES string of the molecule is CC(=O)N(c1ccccc1Cl)c1onc(-c2ccccc2C)c1-c1ccncn1. The summed E-state index contributed by atoms with van der Waals surface area (Å²) < 4.78 is 5.73. The lowest BCUT2D eigenvalue weighted by Crippen LogP contribution is -2.23. The van der Waals surface area contributed by atoms with Gasteiger partial charge in [-0.05, 0) is 30.7 Å². The Kier molecular flexibility index (Phi) is 5.10. The van der Waals surface area contributed by atoms with Crippen molar-refractivity contribution >= 4 is 29.1 Å². The van der Waals surface area contributed by atoms with Crippen molar-refractivity contribution < 1.29 is 9.32 Å². The molecule has 4 rings (SSSR count). The topological polar surface area (TPSA) is 72.1 Å². The molecule has 1 amide bonds. The van der Waals surface area contributed by atoms with Gasteiger partial charge in [0.05, 0.1) is 22.0 Å². The Morgan fingerprint density at radius 2 is 1.83 bits per heavy atom. The van der Waals surface area contributed by atoms with Gasteiger partial charge in [-0.25, -0.2) is 14.9 Å². The molecule has 0 fully saturated rings. The van der Waals surface area contributed by atoms with Crippen molar-refractivity contribution in [1.29, 1.82) is 0 Å². The summed E-state index contributed by atoms with van der Waals surface area (Å²) in [6.45, 7) is 3.44. The van der Waals surface area contributed by atoms with E-state index in [1.165, 1.54) is 18.2 Å². The van der Waals surface area contributed by atoms with Gasteiger partial charge in [0.15, 0.2) is 0 Å². The summed E-state index contributed by atoms with van der Waals surface area (Å²) in [6, 6.07) is 16.7. The van der Waals surface area contributed by atoms with Gasteiger partial charge in [0.1, 0.15) is 12.0 Å². The molecule has 2 aromatic heterocycles. The van der Waals surface area contributed by atoms with Crippen LogP contribution in [-0.2, 0) is 4.79 Å². The molecule has 144 valence electrons. The number of carbonyl (C=O) groups is 1. The third-order valence-corrected chi connectivity index (χ3v) is 4.84. The summed E-state index contributed by atoms with van der Waals surface area (Å²) in [4.78, 5) is 22.4. The Hall–Kier alpha value is -3.51.